The summed E-state index contributed by atoms with van der Waals surface area (Å²) in [4.78, 5) is 14.2. The molecule has 3 rings (SSSR count). The molecule has 0 spiro atoms. The van der Waals surface area contributed by atoms with Gasteiger partial charge in [0, 0.05) is 12.6 Å². The van der Waals surface area contributed by atoms with E-state index in [1.165, 1.54) is 12.5 Å². The third kappa shape index (κ3) is 3.06. The van der Waals surface area contributed by atoms with Crippen LogP contribution in [0.5, 0.6) is 0 Å². The molecule has 2 aliphatic heterocycles. The first-order chi connectivity index (χ1) is 10.1. The van der Waals surface area contributed by atoms with E-state index in [0.29, 0.717) is 12.0 Å². The molecule has 2 heterocycles. The third-order valence-electron chi connectivity index (χ3n) is 4.37. The lowest BCUT2D eigenvalue weighted by molar-refractivity contribution is -0.118. The van der Waals surface area contributed by atoms with Crippen molar-refractivity contribution < 1.29 is 13.6 Å². The normalized spacial score (nSPS) is 25.6. The van der Waals surface area contributed by atoms with Crippen molar-refractivity contribution in [3.63, 3.8) is 0 Å². The van der Waals surface area contributed by atoms with Gasteiger partial charge in [0.1, 0.15) is 17.3 Å². The smallest absolute Gasteiger partial charge is 0.238 e. The summed E-state index contributed by atoms with van der Waals surface area (Å²) in [6, 6.07) is 3.90. The molecule has 114 valence electrons. The van der Waals surface area contributed by atoms with Crippen molar-refractivity contribution in [1.29, 1.82) is 0 Å². The number of nitrogens with zero attached hydrogens (tertiary/aromatic N) is 1. The standard InChI is InChI=1S/C15H19F2N3O/c16-11-4-1-5-12(17)15(11)19-14(21)9-20-6-2-3-10-7-18-8-13(10)20/h1,4-5,10,13,18H,2-3,6-9H2,(H,19,21). The first-order valence-electron chi connectivity index (χ1n) is 7.34. The van der Waals surface area contributed by atoms with Crippen molar-refractivity contribution in [3.05, 3.63) is 29.8 Å². The van der Waals surface area contributed by atoms with Gasteiger partial charge < -0.3 is 10.6 Å². The number of piperidine rings is 1. The Hall–Kier alpha value is -1.53. The van der Waals surface area contributed by atoms with Gasteiger partial charge in [-0.2, -0.15) is 0 Å². The van der Waals surface area contributed by atoms with Crippen LogP contribution < -0.4 is 10.6 Å². The van der Waals surface area contributed by atoms with Crippen LogP contribution in [0.3, 0.4) is 0 Å². The summed E-state index contributed by atoms with van der Waals surface area (Å²) in [7, 11) is 0. The van der Waals surface area contributed by atoms with E-state index in [9.17, 15) is 13.6 Å². The number of anilines is 1. The predicted molar refractivity (Wildman–Crippen MR) is 75.9 cm³/mol. The van der Waals surface area contributed by atoms with Gasteiger partial charge in [-0.05, 0) is 44.0 Å². The lowest BCUT2D eigenvalue weighted by atomic mass is 9.92. The Morgan fingerprint density at radius 2 is 2.10 bits per heavy atom. The summed E-state index contributed by atoms with van der Waals surface area (Å²) in [6.07, 6.45) is 2.24. The van der Waals surface area contributed by atoms with E-state index < -0.39 is 11.6 Å². The second-order valence-electron chi connectivity index (χ2n) is 5.74. The Balaban J connectivity index is 1.64. The van der Waals surface area contributed by atoms with Crippen LogP contribution in [0.4, 0.5) is 14.5 Å². The van der Waals surface area contributed by atoms with Gasteiger partial charge in [-0.15, -0.1) is 0 Å². The summed E-state index contributed by atoms with van der Waals surface area (Å²) >= 11 is 0. The van der Waals surface area contributed by atoms with Gasteiger partial charge in [0.25, 0.3) is 0 Å². The number of hydrogen-bond donors (Lipinski definition) is 2. The van der Waals surface area contributed by atoms with Crippen molar-refractivity contribution in [1.82, 2.24) is 10.2 Å². The topological polar surface area (TPSA) is 44.4 Å². The van der Waals surface area contributed by atoms with Crippen LogP contribution in [0.1, 0.15) is 12.8 Å². The van der Waals surface area contributed by atoms with Gasteiger partial charge in [0.15, 0.2) is 0 Å². The highest BCUT2D eigenvalue weighted by Gasteiger charge is 2.35. The lowest BCUT2D eigenvalue weighted by Crippen LogP contribution is -2.48. The molecule has 0 aliphatic carbocycles. The van der Waals surface area contributed by atoms with Crippen molar-refractivity contribution in [3.8, 4) is 0 Å². The van der Waals surface area contributed by atoms with E-state index in [1.807, 2.05) is 0 Å². The van der Waals surface area contributed by atoms with Crippen LogP contribution in [0.15, 0.2) is 18.2 Å². The first-order valence-corrected chi connectivity index (χ1v) is 7.34. The zero-order chi connectivity index (χ0) is 14.8. The summed E-state index contributed by atoms with van der Waals surface area (Å²) in [5.41, 5.74) is -0.361. The number of benzene rings is 1. The van der Waals surface area contributed by atoms with Gasteiger partial charge in [-0.25, -0.2) is 8.78 Å². The van der Waals surface area contributed by atoms with Crippen LogP contribution in [-0.2, 0) is 4.79 Å². The molecule has 21 heavy (non-hydrogen) atoms. The molecule has 2 unspecified atom stereocenters. The number of carbonyl (C=O) groups excluding carboxylic acids is 1. The number of carbonyl (C=O) groups is 1. The van der Waals surface area contributed by atoms with Crippen LogP contribution in [0.2, 0.25) is 0 Å². The molecule has 6 heteroatoms. The average Bonchev–Trinajstić information content (AvgIpc) is 2.93. The van der Waals surface area contributed by atoms with Gasteiger partial charge in [-0.1, -0.05) is 6.07 Å². The molecule has 0 radical (unpaired) electrons. The molecule has 1 aromatic rings. The number of amides is 1. The molecule has 0 saturated carbocycles. The number of nitrogens with one attached hydrogen (secondary N) is 2. The minimum atomic E-state index is -0.748. The molecule has 2 atom stereocenters. The summed E-state index contributed by atoms with van der Waals surface area (Å²) < 4.78 is 27.1. The largest absolute Gasteiger partial charge is 0.320 e. The molecule has 1 aromatic carbocycles. The highest BCUT2D eigenvalue weighted by molar-refractivity contribution is 5.92. The molecule has 4 nitrogen and oxygen atoms in total. The van der Waals surface area contributed by atoms with Crippen LogP contribution in [0, 0.1) is 17.6 Å². The fourth-order valence-electron chi connectivity index (χ4n) is 3.34. The van der Waals surface area contributed by atoms with Crippen molar-refractivity contribution in [2.24, 2.45) is 5.92 Å². The van der Waals surface area contributed by atoms with E-state index in [4.69, 9.17) is 0 Å². The minimum Gasteiger partial charge on any atom is -0.320 e. The molecule has 0 aromatic heterocycles. The Kier molecular flexibility index (Phi) is 4.17. The van der Waals surface area contributed by atoms with E-state index in [-0.39, 0.29) is 18.1 Å². The quantitative estimate of drug-likeness (QED) is 0.890. The third-order valence-corrected chi connectivity index (χ3v) is 4.37. The Bertz CT molecular complexity index is 517. The minimum absolute atomic E-state index is 0.177. The maximum Gasteiger partial charge on any atom is 0.238 e. The molecular weight excluding hydrogens is 276 g/mol. The van der Waals surface area contributed by atoms with Crippen molar-refractivity contribution in [2.75, 3.05) is 31.5 Å². The lowest BCUT2D eigenvalue weighted by Gasteiger charge is -2.36. The van der Waals surface area contributed by atoms with Crippen molar-refractivity contribution >= 4 is 11.6 Å². The number of halogens is 2. The highest BCUT2D eigenvalue weighted by Crippen LogP contribution is 2.26. The van der Waals surface area contributed by atoms with Gasteiger partial charge in [0.05, 0.1) is 6.54 Å². The summed E-state index contributed by atoms with van der Waals surface area (Å²) in [6.45, 7) is 2.91. The molecule has 1 amide bonds. The Labute approximate surface area is 122 Å². The van der Waals surface area contributed by atoms with E-state index in [0.717, 1.165) is 38.2 Å². The second-order valence-corrected chi connectivity index (χ2v) is 5.74. The zero-order valence-electron chi connectivity index (χ0n) is 11.7. The van der Waals surface area contributed by atoms with E-state index in [2.05, 4.69) is 15.5 Å². The Morgan fingerprint density at radius 1 is 1.33 bits per heavy atom. The monoisotopic (exact) mass is 295 g/mol. The summed E-state index contributed by atoms with van der Waals surface area (Å²) in [5, 5.41) is 5.70. The molecule has 0 bridgehead atoms. The molecule has 2 fully saturated rings. The number of para-hydroxylation sites is 1. The molecule has 2 saturated heterocycles. The second kappa shape index (κ2) is 6.07. The first kappa shape index (κ1) is 14.4. The molecule has 2 N–H and O–H groups in total. The fourth-order valence-corrected chi connectivity index (χ4v) is 3.34. The molecular formula is C15H19F2N3O. The van der Waals surface area contributed by atoms with Crippen LogP contribution in [-0.4, -0.2) is 43.0 Å². The van der Waals surface area contributed by atoms with Gasteiger partial charge >= 0.3 is 0 Å². The number of hydrogen-bond acceptors (Lipinski definition) is 3. The predicted octanol–water partition coefficient (Wildman–Crippen LogP) is 1.59. The highest BCUT2D eigenvalue weighted by atomic mass is 19.1. The van der Waals surface area contributed by atoms with Gasteiger partial charge in [-0.3, -0.25) is 9.69 Å². The van der Waals surface area contributed by atoms with E-state index >= 15 is 0 Å². The van der Waals surface area contributed by atoms with E-state index in [1.54, 1.807) is 0 Å². The van der Waals surface area contributed by atoms with Crippen LogP contribution >= 0.6 is 0 Å². The fraction of sp³-hybridized carbons (Fsp3) is 0.533. The SMILES string of the molecule is O=C(CN1CCCC2CNCC21)Nc1c(F)cccc1F. The number of fused-ring (bicyclic) bond motifs is 1. The molecule has 2 aliphatic rings. The summed E-state index contributed by atoms with van der Waals surface area (Å²) in [5.74, 6) is -1.28. The van der Waals surface area contributed by atoms with Crippen molar-refractivity contribution in [2.45, 2.75) is 18.9 Å². The zero-order valence-corrected chi connectivity index (χ0v) is 11.7. The van der Waals surface area contributed by atoms with Crippen LogP contribution in [0.25, 0.3) is 0 Å². The average molecular weight is 295 g/mol. The number of rotatable bonds is 3. The Morgan fingerprint density at radius 3 is 2.86 bits per heavy atom. The maximum absolute atomic E-state index is 13.5. The maximum atomic E-state index is 13.5. The van der Waals surface area contributed by atoms with Gasteiger partial charge in [0.2, 0.25) is 5.91 Å². The number of likely N-dealkylation sites (tertiary alicyclic amines) is 1.